The van der Waals surface area contributed by atoms with Crippen LogP contribution in [0, 0.1) is 0 Å². The maximum Gasteiger partial charge on any atom is 0.276 e. The smallest absolute Gasteiger partial charge is 0.276 e. The van der Waals surface area contributed by atoms with Gasteiger partial charge in [0.15, 0.2) is 11.5 Å². The van der Waals surface area contributed by atoms with Crippen LogP contribution in [0.15, 0.2) is 101 Å². The molecule has 0 aliphatic heterocycles. The van der Waals surface area contributed by atoms with E-state index in [9.17, 15) is 8.42 Å². The normalized spacial score (nSPS) is 11.5. The molecule has 0 aliphatic carbocycles. The summed E-state index contributed by atoms with van der Waals surface area (Å²) in [6.07, 6.45) is 1.41. The maximum absolute atomic E-state index is 12.2. The van der Waals surface area contributed by atoms with Crippen molar-refractivity contribution in [2.45, 2.75) is 11.5 Å². The Morgan fingerprint density at radius 2 is 1.62 bits per heavy atom. The lowest BCUT2D eigenvalue weighted by molar-refractivity contribution is 0.285. The highest BCUT2D eigenvalue weighted by Crippen LogP contribution is 2.29. The molecule has 0 heterocycles. The van der Waals surface area contributed by atoms with Gasteiger partial charge in [0.05, 0.1) is 18.2 Å². The van der Waals surface area contributed by atoms with Crippen LogP contribution in [0.3, 0.4) is 0 Å². The van der Waals surface area contributed by atoms with Gasteiger partial charge in [0, 0.05) is 0 Å². The van der Waals surface area contributed by atoms with Crippen molar-refractivity contribution in [1.82, 2.24) is 4.83 Å². The van der Waals surface area contributed by atoms with E-state index in [-0.39, 0.29) is 4.90 Å². The first-order chi connectivity index (χ1) is 15.6. The predicted octanol–water partition coefficient (Wildman–Crippen LogP) is 4.74. The summed E-state index contributed by atoms with van der Waals surface area (Å²) in [5.41, 5.74) is 1.74. The van der Waals surface area contributed by atoms with Gasteiger partial charge in [0.25, 0.3) is 10.0 Å². The summed E-state index contributed by atoms with van der Waals surface area (Å²) in [5.74, 6) is 1.11. The average molecular weight is 447 g/mol. The molecule has 0 unspecified atom stereocenters. The van der Waals surface area contributed by atoms with Crippen LogP contribution in [0.25, 0.3) is 10.8 Å². The second-order valence-corrected chi connectivity index (χ2v) is 8.66. The van der Waals surface area contributed by atoms with Gasteiger partial charge < -0.3 is 9.47 Å². The molecule has 0 bridgehead atoms. The topological polar surface area (TPSA) is 77.0 Å². The van der Waals surface area contributed by atoms with Crippen molar-refractivity contribution in [1.29, 1.82) is 0 Å². The molecule has 0 saturated heterocycles. The van der Waals surface area contributed by atoms with Gasteiger partial charge in [0.1, 0.15) is 6.61 Å². The van der Waals surface area contributed by atoms with Crippen LogP contribution in [0.4, 0.5) is 0 Å². The Balaban J connectivity index is 1.46. The van der Waals surface area contributed by atoms with E-state index in [1.807, 2.05) is 24.3 Å². The van der Waals surface area contributed by atoms with Crippen LogP contribution < -0.4 is 14.3 Å². The molecule has 0 spiro atoms. The lowest BCUT2D eigenvalue weighted by Crippen LogP contribution is -2.18. The number of ether oxygens (including phenoxy) is 2. The van der Waals surface area contributed by atoms with Crippen LogP contribution in [0.1, 0.15) is 11.1 Å². The SMILES string of the molecule is COc1cc(/C=N/NS(=O)(=O)c2ccccc2)ccc1OCc1cccc2ccccc12. The van der Waals surface area contributed by atoms with Crippen LogP contribution in [-0.4, -0.2) is 21.7 Å². The summed E-state index contributed by atoms with van der Waals surface area (Å²) < 4.78 is 36.0. The fourth-order valence-corrected chi connectivity index (χ4v) is 4.09. The Morgan fingerprint density at radius 1 is 0.875 bits per heavy atom. The molecule has 0 aliphatic rings. The molecular weight excluding hydrogens is 424 g/mol. The highest BCUT2D eigenvalue weighted by Gasteiger charge is 2.11. The number of hydrazone groups is 1. The number of nitrogens with one attached hydrogen (secondary N) is 1. The van der Waals surface area contributed by atoms with Gasteiger partial charge in [-0.1, -0.05) is 60.7 Å². The number of sulfonamides is 1. The molecule has 0 radical (unpaired) electrons. The molecule has 6 nitrogen and oxygen atoms in total. The fourth-order valence-electron chi connectivity index (χ4n) is 3.28. The molecule has 162 valence electrons. The van der Waals surface area contributed by atoms with Crippen molar-refractivity contribution in [3.05, 3.63) is 102 Å². The first-order valence-electron chi connectivity index (χ1n) is 9.94. The first kappa shape index (κ1) is 21.4. The largest absolute Gasteiger partial charge is 0.493 e. The van der Waals surface area contributed by atoms with Crippen molar-refractivity contribution in [3.63, 3.8) is 0 Å². The summed E-state index contributed by atoms with van der Waals surface area (Å²) >= 11 is 0. The predicted molar refractivity (Wildman–Crippen MR) is 126 cm³/mol. The molecule has 4 rings (SSSR count). The number of rotatable bonds is 8. The van der Waals surface area contributed by atoms with Gasteiger partial charge in [-0.3, -0.25) is 0 Å². The molecule has 0 aromatic heterocycles. The van der Waals surface area contributed by atoms with E-state index in [1.54, 1.807) is 43.5 Å². The van der Waals surface area contributed by atoms with Crippen LogP contribution in [0.5, 0.6) is 11.5 Å². The summed E-state index contributed by atoms with van der Waals surface area (Å²) in [6.45, 7) is 0.391. The average Bonchev–Trinajstić information content (AvgIpc) is 2.83. The van der Waals surface area contributed by atoms with Gasteiger partial charge in [-0.25, -0.2) is 4.83 Å². The Kier molecular flexibility index (Phi) is 6.37. The van der Waals surface area contributed by atoms with Crippen molar-refractivity contribution < 1.29 is 17.9 Å². The second-order valence-electron chi connectivity index (χ2n) is 7.00. The molecule has 7 heteroatoms. The minimum atomic E-state index is -3.72. The Morgan fingerprint density at radius 3 is 2.44 bits per heavy atom. The van der Waals surface area contributed by atoms with Crippen LogP contribution >= 0.6 is 0 Å². The van der Waals surface area contributed by atoms with Crippen molar-refractivity contribution in [2.24, 2.45) is 5.10 Å². The van der Waals surface area contributed by atoms with E-state index < -0.39 is 10.0 Å². The van der Waals surface area contributed by atoms with E-state index >= 15 is 0 Å². The lowest BCUT2D eigenvalue weighted by atomic mass is 10.1. The summed E-state index contributed by atoms with van der Waals surface area (Å²) in [5, 5.41) is 6.16. The van der Waals surface area contributed by atoms with Crippen LogP contribution in [-0.2, 0) is 16.6 Å². The molecule has 0 saturated carbocycles. The summed E-state index contributed by atoms with van der Waals surface area (Å²) in [7, 11) is -2.16. The number of hydrogen-bond donors (Lipinski definition) is 1. The van der Waals surface area contributed by atoms with Gasteiger partial charge in [-0.2, -0.15) is 13.5 Å². The van der Waals surface area contributed by atoms with Gasteiger partial charge in [-0.15, -0.1) is 0 Å². The van der Waals surface area contributed by atoms with Gasteiger partial charge in [0.2, 0.25) is 0 Å². The zero-order valence-electron chi connectivity index (χ0n) is 17.4. The fraction of sp³-hybridized carbons (Fsp3) is 0.0800. The third kappa shape index (κ3) is 4.90. The van der Waals surface area contributed by atoms with E-state index in [1.165, 1.54) is 18.3 Å². The minimum Gasteiger partial charge on any atom is -0.493 e. The molecule has 4 aromatic rings. The Bertz CT molecular complexity index is 1350. The molecule has 32 heavy (non-hydrogen) atoms. The van der Waals surface area contributed by atoms with E-state index in [4.69, 9.17) is 9.47 Å². The Labute approximate surface area is 187 Å². The minimum absolute atomic E-state index is 0.145. The van der Waals surface area contributed by atoms with Gasteiger partial charge >= 0.3 is 0 Å². The van der Waals surface area contributed by atoms with E-state index in [0.717, 1.165) is 16.3 Å². The standard InChI is InChI=1S/C25H22N2O4S/c1-30-25-16-19(17-26-27-32(28,29)22-11-3-2-4-12-22)14-15-24(25)31-18-21-10-7-9-20-8-5-6-13-23(20)21/h2-17,27H,18H2,1H3/b26-17+. The molecule has 0 amide bonds. The van der Waals surface area contributed by atoms with Crippen molar-refractivity contribution in [3.8, 4) is 11.5 Å². The highest BCUT2D eigenvalue weighted by molar-refractivity contribution is 7.89. The maximum atomic E-state index is 12.2. The third-order valence-corrected chi connectivity index (χ3v) is 6.13. The molecule has 0 fully saturated rings. The summed E-state index contributed by atoms with van der Waals surface area (Å²) in [6, 6.07) is 27.6. The Hall–Kier alpha value is -3.84. The molecular formula is C25H22N2O4S. The quantitative estimate of drug-likeness (QED) is 0.313. The second kappa shape index (κ2) is 9.53. The van der Waals surface area contributed by atoms with Crippen molar-refractivity contribution in [2.75, 3.05) is 7.11 Å². The number of nitrogens with zero attached hydrogens (tertiary/aromatic N) is 1. The lowest BCUT2D eigenvalue weighted by Gasteiger charge is -2.12. The highest BCUT2D eigenvalue weighted by atomic mass is 32.2. The zero-order chi connectivity index (χ0) is 22.4. The van der Waals surface area contributed by atoms with Gasteiger partial charge in [-0.05, 0) is 52.2 Å². The number of benzene rings is 4. The molecule has 4 aromatic carbocycles. The third-order valence-electron chi connectivity index (χ3n) is 4.89. The van der Waals surface area contributed by atoms with E-state index in [0.29, 0.717) is 23.7 Å². The van der Waals surface area contributed by atoms with Crippen molar-refractivity contribution >= 4 is 27.0 Å². The van der Waals surface area contributed by atoms with Crippen LogP contribution in [0.2, 0.25) is 0 Å². The first-order valence-corrected chi connectivity index (χ1v) is 11.4. The number of hydrogen-bond acceptors (Lipinski definition) is 5. The number of fused-ring (bicyclic) bond motifs is 1. The monoisotopic (exact) mass is 446 g/mol. The van der Waals surface area contributed by atoms with E-state index in [2.05, 4.69) is 28.1 Å². The zero-order valence-corrected chi connectivity index (χ0v) is 18.2. The number of methoxy groups -OCH3 is 1. The summed E-state index contributed by atoms with van der Waals surface area (Å²) in [4.78, 5) is 2.35. The molecule has 0 atom stereocenters. The molecule has 1 N–H and O–H groups in total.